The van der Waals surface area contributed by atoms with E-state index in [1.54, 1.807) is 20.8 Å². The number of aliphatic carboxylic acids is 1. The van der Waals surface area contributed by atoms with Gasteiger partial charge in [0.25, 0.3) is 0 Å². The van der Waals surface area contributed by atoms with Gasteiger partial charge >= 0.3 is 18.0 Å². The van der Waals surface area contributed by atoms with Crippen molar-refractivity contribution in [2.24, 2.45) is 0 Å². The number of carbonyl (C=O) groups is 3. The fraction of sp³-hybridized carbons (Fsp3) is 0.727. The third-order valence-corrected chi connectivity index (χ3v) is 1.68. The monoisotopic (exact) mass is 279 g/mol. The topological polar surface area (TPSA) is 102 Å². The van der Waals surface area contributed by atoms with Gasteiger partial charge in [0, 0.05) is 0 Å². The van der Waals surface area contributed by atoms with Crippen LogP contribution in [-0.2, 0) is 19.1 Å². The van der Waals surface area contributed by atoms with Crippen molar-refractivity contribution in [3.63, 3.8) is 0 Å². The Morgan fingerprint density at radius 1 is 1.32 bits per heavy atom. The highest BCUT2D eigenvalue weighted by Gasteiger charge is 2.27. The molecule has 0 heterocycles. The van der Waals surface area contributed by atoms with Gasteiger partial charge in [0.15, 0.2) is 0 Å². The van der Waals surface area contributed by atoms with Crippen LogP contribution in [0.1, 0.15) is 27.2 Å². The zero-order valence-corrected chi connectivity index (χ0v) is 11.1. The summed E-state index contributed by atoms with van der Waals surface area (Å²) < 4.78 is 21.2. The van der Waals surface area contributed by atoms with Gasteiger partial charge in [-0.25, -0.2) is 14.0 Å². The molecule has 0 saturated carbocycles. The van der Waals surface area contributed by atoms with Crippen LogP contribution in [0.2, 0.25) is 0 Å². The summed E-state index contributed by atoms with van der Waals surface area (Å²) in [5.74, 6) is -2.33. The van der Waals surface area contributed by atoms with Crippen molar-refractivity contribution in [3.05, 3.63) is 0 Å². The molecule has 19 heavy (non-hydrogen) atoms. The largest absolute Gasteiger partial charge is 0.481 e. The fourth-order valence-corrected chi connectivity index (χ4v) is 1.06. The molecule has 110 valence electrons. The van der Waals surface area contributed by atoms with Gasteiger partial charge in [0.2, 0.25) is 0 Å². The maximum atomic E-state index is 11.9. The third kappa shape index (κ3) is 8.81. The first-order valence-electron chi connectivity index (χ1n) is 5.59. The van der Waals surface area contributed by atoms with Crippen molar-refractivity contribution in [1.29, 1.82) is 0 Å². The lowest BCUT2D eigenvalue weighted by atomic mass is 10.2. The normalized spacial score (nSPS) is 12.4. The molecule has 0 aliphatic carbocycles. The summed E-state index contributed by atoms with van der Waals surface area (Å²) in [6.07, 6.45) is -1.62. The molecule has 8 heteroatoms. The number of amides is 1. The van der Waals surface area contributed by atoms with Crippen LogP contribution in [0, 0.1) is 0 Å². The first kappa shape index (κ1) is 17.1. The molecule has 1 unspecified atom stereocenters. The van der Waals surface area contributed by atoms with Crippen LogP contribution in [-0.4, -0.2) is 48.1 Å². The molecule has 0 aromatic carbocycles. The van der Waals surface area contributed by atoms with Gasteiger partial charge < -0.3 is 19.9 Å². The fourth-order valence-electron chi connectivity index (χ4n) is 1.06. The number of esters is 1. The van der Waals surface area contributed by atoms with Gasteiger partial charge in [0.1, 0.15) is 24.9 Å². The van der Waals surface area contributed by atoms with Crippen LogP contribution in [0.15, 0.2) is 0 Å². The van der Waals surface area contributed by atoms with Crippen LogP contribution >= 0.6 is 0 Å². The Kier molecular flexibility index (Phi) is 6.81. The maximum absolute atomic E-state index is 11.9. The van der Waals surface area contributed by atoms with E-state index in [-0.39, 0.29) is 0 Å². The summed E-state index contributed by atoms with van der Waals surface area (Å²) in [7, 11) is 0. The Bertz CT molecular complexity index is 339. The highest BCUT2D eigenvalue weighted by molar-refractivity contribution is 5.85. The molecule has 0 saturated heterocycles. The number of hydrogen-bond acceptors (Lipinski definition) is 5. The molecular formula is C11H18FNO6. The molecule has 0 aliphatic heterocycles. The zero-order valence-electron chi connectivity index (χ0n) is 11.1. The average molecular weight is 279 g/mol. The second-order valence-corrected chi connectivity index (χ2v) is 4.65. The lowest BCUT2D eigenvalue weighted by molar-refractivity contribution is -0.150. The minimum atomic E-state index is -1.42. The first-order valence-corrected chi connectivity index (χ1v) is 5.59. The van der Waals surface area contributed by atoms with Crippen molar-refractivity contribution in [1.82, 2.24) is 5.32 Å². The van der Waals surface area contributed by atoms with Crippen molar-refractivity contribution < 1.29 is 33.4 Å². The summed E-state index contributed by atoms with van der Waals surface area (Å²) in [5, 5.41) is 10.7. The van der Waals surface area contributed by atoms with Gasteiger partial charge in [-0.1, -0.05) is 0 Å². The van der Waals surface area contributed by atoms with E-state index in [1.165, 1.54) is 0 Å². The number of carbonyl (C=O) groups excluding carboxylic acids is 2. The summed E-state index contributed by atoms with van der Waals surface area (Å²) >= 11 is 0. The Balaban J connectivity index is 4.54. The molecular weight excluding hydrogens is 261 g/mol. The van der Waals surface area contributed by atoms with Gasteiger partial charge in [-0.05, 0) is 20.8 Å². The van der Waals surface area contributed by atoms with Crippen LogP contribution < -0.4 is 5.32 Å². The summed E-state index contributed by atoms with van der Waals surface area (Å²) in [4.78, 5) is 33.4. The molecule has 0 bridgehead atoms. The van der Waals surface area contributed by atoms with Crippen LogP contribution in [0.5, 0.6) is 0 Å². The molecule has 0 fully saturated rings. The van der Waals surface area contributed by atoms with Crippen molar-refractivity contribution in [3.8, 4) is 0 Å². The maximum Gasteiger partial charge on any atom is 0.408 e. The molecule has 0 aromatic heterocycles. The van der Waals surface area contributed by atoms with Crippen molar-refractivity contribution in [2.45, 2.75) is 38.8 Å². The Hall–Kier alpha value is -1.86. The molecule has 1 amide bonds. The molecule has 2 N–H and O–H groups in total. The van der Waals surface area contributed by atoms with Gasteiger partial charge in [0.05, 0.1) is 6.42 Å². The van der Waals surface area contributed by atoms with Crippen LogP contribution in [0.25, 0.3) is 0 Å². The zero-order chi connectivity index (χ0) is 15.1. The number of carboxylic acids is 1. The van der Waals surface area contributed by atoms with Crippen molar-refractivity contribution >= 4 is 18.0 Å². The number of halogens is 1. The Labute approximate surface area is 110 Å². The smallest absolute Gasteiger partial charge is 0.408 e. The lowest BCUT2D eigenvalue weighted by Gasteiger charge is -2.22. The lowest BCUT2D eigenvalue weighted by Crippen LogP contribution is -2.45. The van der Waals surface area contributed by atoms with Gasteiger partial charge in [-0.3, -0.25) is 4.79 Å². The van der Waals surface area contributed by atoms with Gasteiger partial charge in [-0.2, -0.15) is 0 Å². The number of rotatable bonds is 6. The number of ether oxygens (including phenoxy) is 2. The highest BCUT2D eigenvalue weighted by atomic mass is 19.1. The molecule has 0 spiro atoms. The standard InChI is InChI=1S/C11H18FNO6/c1-11(2,3)19-10(17)13-7(6-8(14)15)9(16)18-5-4-12/h7H,4-6H2,1-3H3,(H,13,17)(H,14,15). The third-order valence-electron chi connectivity index (χ3n) is 1.68. The SMILES string of the molecule is CC(C)(C)OC(=O)NC(CC(=O)O)C(=O)OCCF. The minimum absolute atomic E-state index is 0.495. The van der Waals surface area contributed by atoms with E-state index < -0.39 is 49.4 Å². The van der Waals surface area contributed by atoms with E-state index in [1.807, 2.05) is 0 Å². The molecule has 0 rings (SSSR count). The van der Waals surface area contributed by atoms with Crippen LogP contribution in [0.4, 0.5) is 9.18 Å². The molecule has 0 aromatic rings. The van der Waals surface area contributed by atoms with Gasteiger partial charge in [-0.15, -0.1) is 0 Å². The number of nitrogens with one attached hydrogen (secondary N) is 1. The van der Waals surface area contributed by atoms with E-state index in [0.717, 1.165) is 0 Å². The van der Waals surface area contributed by atoms with Crippen LogP contribution in [0.3, 0.4) is 0 Å². The average Bonchev–Trinajstić information content (AvgIpc) is 2.21. The Morgan fingerprint density at radius 2 is 1.89 bits per heavy atom. The minimum Gasteiger partial charge on any atom is -0.481 e. The quantitative estimate of drug-likeness (QED) is 0.699. The second kappa shape index (κ2) is 7.55. The van der Waals surface area contributed by atoms with E-state index in [9.17, 15) is 18.8 Å². The number of carboxylic acid groups (broad SMARTS) is 1. The molecule has 7 nitrogen and oxygen atoms in total. The molecule has 0 radical (unpaired) electrons. The van der Waals surface area contributed by atoms with E-state index in [2.05, 4.69) is 10.1 Å². The molecule has 0 aliphatic rings. The number of alkyl carbamates (subject to hydrolysis) is 1. The van der Waals surface area contributed by atoms with Crippen molar-refractivity contribution in [2.75, 3.05) is 13.3 Å². The van der Waals surface area contributed by atoms with E-state index >= 15 is 0 Å². The number of hydrogen-bond donors (Lipinski definition) is 2. The predicted octanol–water partition coefficient (Wildman–Crippen LogP) is 0.867. The summed E-state index contributed by atoms with van der Waals surface area (Å²) in [6, 6.07) is -1.42. The number of alkyl halides is 1. The first-order chi connectivity index (χ1) is 8.65. The predicted molar refractivity (Wildman–Crippen MR) is 62.3 cm³/mol. The second-order valence-electron chi connectivity index (χ2n) is 4.65. The summed E-state index contributed by atoms with van der Waals surface area (Å²) in [6.45, 7) is 3.45. The van der Waals surface area contributed by atoms with E-state index in [0.29, 0.717) is 0 Å². The summed E-state index contributed by atoms with van der Waals surface area (Å²) in [5.41, 5.74) is -0.791. The van der Waals surface area contributed by atoms with E-state index in [4.69, 9.17) is 9.84 Å². The Morgan fingerprint density at radius 3 is 2.32 bits per heavy atom. The highest BCUT2D eigenvalue weighted by Crippen LogP contribution is 2.07. The molecule has 1 atom stereocenters.